The highest BCUT2D eigenvalue weighted by molar-refractivity contribution is 4.98. The Labute approximate surface area is 70.7 Å². The van der Waals surface area contributed by atoms with Gasteiger partial charge in [0.05, 0.1) is 0 Å². The van der Waals surface area contributed by atoms with Crippen molar-refractivity contribution in [3.63, 3.8) is 0 Å². The predicted molar refractivity (Wildman–Crippen MR) is 51.5 cm³/mol. The summed E-state index contributed by atoms with van der Waals surface area (Å²) in [5, 5.41) is 0. The van der Waals surface area contributed by atoms with Crippen LogP contribution in [0.1, 0.15) is 40.5 Å². The third kappa shape index (κ3) is 4.20. The molecule has 1 unspecified atom stereocenters. The predicted octanol–water partition coefficient (Wildman–Crippen LogP) is 2.72. The highest BCUT2D eigenvalue weighted by Crippen LogP contribution is 2.22. The third-order valence-electron chi connectivity index (χ3n) is 2.12. The van der Waals surface area contributed by atoms with Crippen LogP contribution in [0.4, 0.5) is 0 Å². The zero-order valence-electron chi connectivity index (χ0n) is 8.28. The maximum absolute atomic E-state index is 5.97. The van der Waals surface area contributed by atoms with E-state index < -0.39 is 0 Å². The molecular weight excluding hydrogens is 134 g/mol. The van der Waals surface area contributed by atoms with Crippen molar-refractivity contribution in [2.45, 2.75) is 46.6 Å². The van der Waals surface area contributed by atoms with Gasteiger partial charge >= 0.3 is 0 Å². The molecule has 0 bridgehead atoms. The molecule has 0 radical (unpaired) electrons. The molecule has 0 saturated heterocycles. The van der Waals surface area contributed by atoms with Crippen LogP contribution in [-0.4, -0.2) is 6.04 Å². The molecule has 0 rings (SSSR count). The van der Waals surface area contributed by atoms with Gasteiger partial charge in [-0.25, -0.2) is 0 Å². The monoisotopic (exact) mass is 155 g/mol. The van der Waals surface area contributed by atoms with Crippen molar-refractivity contribution in [2.75, 3.05) is 0 Å². The Balaban J connectivity index is 3.87. The summed E-state index contributed by atoms with van der Waals surface area (Å²) in [6, 6.07) is 0.245. The molecule has 0 aliphatic carbocycles. The van der Waals surface area contributed by atoms with Gasteiger partial charge in [0.1, 0.15) is 0 Å². The number of hydrogen-bond acceptors (Lipinski definition) is 1. The number of nitrogens with two attached hydrogens (primary N) is 1. The summed E-state index contributed by atoms with van der Waals surface area (Å²) in [5.41, 5.74) is 7.43. The van der Waals surface area contributed by atoms with E-state index in [-0.39, 0.29) is 11.5 Å². The van der Waals surface area contributed by atoms with E-state index in [2.05, 4.69) is 34.3 Å². The minimum Gasteiger partial charge on any atom is -0.327 e. The van der Waals surface area contributed by atoms with E-state index in [1.165, 1.54) is 5.57 Å². The van der Waals surface area contributed by atoms with Crippen LogP contribution in [0.5, 0.6) is 0 Å². The van der Waals surface area contributed by atoms with E-state index in [0.29, 0.717) is 0 Å². The van der Waals surface area contributed by atoms with Crippen LogP contribution in [0.15, 0.2) is 12.2 Å². The lowest BCUT2D eigenvalue weighted by Crippen LogP contribution is -2.35. The number of rotatable bonds is 3. The Morgan fingerprint density at radius 2 is 1.91 bits per heavy atom. The molecule has 1 nitrogen and oxygen atoms in total. The van der Waals surface area contributed by atoms with Crippen molar-refractivity contribution in [1.82, 2.24) is 0 Å². The van der Waals surface area contributed by atoms with E-state index in [1.54, 1.807) is 0 Å². The molecule has 1 heteroatoms. The van der Waals surface area contributed by atoms with E-state index in [1.807, 2.05) is 0 Å². The van der Waals surface area contributed by atoms with Crippen LogP contribution >= 0.6 is 0 Å². The molecule has 2 N–H and O–H groups in total. The molecule has 0 fully saturated rings. The fourth-order valence-corrected chi connectivity index (χ4v) is 0.762. The van der Waals surface area contributed by atoms with Gasteiger partial charge < -0.3 is 5.73 Å². The summed E-state index contributed by atoms with van der Waals surface area (Å²) in [5.74, 6) is 0. The molecule has 0 aliphatic heterocycles. The van der Waals surface area contributed by atoms with Gasteiger partial charge in [0.2, 0.25) is 0 Å². The molecule has 66 valence electrons. The maximum Gasteiger partial charge on any atom is 0.0125 e. The van der Waals surface area contributed by atoms with Gasteiger partial charge in [-0.05, 0) is 18.3 Å². The lowest BCUT2D eigenvalue weighted by molar-refractivity contribution is 0.317. The summed E-state index contributed by atoms with van der Waals surface area (Å²) in [7, 11) is 0. The highest BCUT2D eigenvalue weighted by atomic mass is 14.7. The topological polar surface area (TPSA) is 26.0 Å². The molecule has 0 spiro atoms. The quantitative estimate of drug-likeness (QED) is 0.623. The molecule has 1 atom stereocenters. The third-order valence-corrected chi connectivity index (χ3v) is 2.12. The average molecular weight is 155 g/mol. The van der Waals surface area contributed by atoms with E-state index in [0.717, 1.165) is 12.8 Å². The van der Waals surface area contributed by atoms with Gasteiger partial charge in [0.25, 0.3) is 0 Å². The molecule has 0 aromatic carbocycles. The lowest BCUT2D eigenvalue weighted by atomic mass is 9.83. The van der Waals surface area contributed by atoms with Crippen molar-refractivity contribution < 1.29 is 0 Å². The SMILES string of the molecule is C=C(CC)CC(N)C(C)(C)C. The Kier molecular flexibility index (Phi) is 3.81. The van der Waals surface area contributed by atoms with Crippen LogP contribution in [0, 0.1) is 5.41 Å². The smallest absolute Gasteiger partial charge is 0.0125 e. The standard InChI is InChI=1S/C10H21N/c1-6-8(2)7-9(11)10(3,4)5/h9H,2,6-7,11H2,1,3-5H3. The van der Waals surface area contributed by atoms with E-state index in [4.69, 9.17) is 5.73 Å². The van der Waals surface area contributed by atoms with Crippen LogP contribution in [0.25, 0.3) is 0 Å². The van der Waals surface area contributed by atoms with Gasteiger partial charge in [-0.2, -0.15) is 0 Å². The lowest BCUT2D eigenvalue weighted by Gasteiger charge is -2.27. The van der Waals surface area contributed by atoms with Crippen molar-refractivity contribution in [2.24, 2.45) is 11.1 Å². The number of hydrogen-bond donors (Lipinski definition) is 1. The van der Waals surface area contributed by atoms with Crippen LogP contribution in [-0.2, 0) is 0 Å². The first kappa shape index (κ1) is 10.7. The van der Waals surface area contributed by atoms with Crippen molar-refractivity contribution in [3.8, 4) is 0 Å². The van der Waals surface area contributed by atoms with Crippen LogP contribution < -0.4 is 5.73 Å². The Bertz CT molecular complexity index is 130. The fourth-order valence-electron chi connectivity index (χ4n) is 0.762. The summed E-state index contributed by atoms with van der Waals surface area (Å²) in [6.07, 6.45) is 2.00. The van der Waals surface area contributed by atoms with E-state index >= 15 is 0 Å². The largest absolute Gasteiger partial charge is 0.327 e. The Morgan fingerprint density at radius 3 is 2.18 bits per heavy atom. The second-order valence-electron chi connectivity index (χ2n) is 4.28. The normalized spacial score (nSPS) is 14.6. The molecular formula is C10H21N. The molecule has 0 aromatic heterocycles. The maximum atomic E-state index is 5.97. The van der Waals surface area contributed by atoms with Gasteiger partial charge in [-0.3, -0.25) is 0 Å². The Hall–Kier alpha value is -0.300. The Morgan fingerprint density at radius 1 is 1.45 bits per heavy atom. The molecule has 0 amide bonds. The van der Waals surface area contributed by atoms with Crippen molar-refractivity contribution in [1.29, 1.82) is 0 Å². The van der Waals surface area contributed by atoms with Gasteiger partial charge in [0, 0.05) is 6.04 Å². The van der Waals surface area contributed by atoms with Gasteiger partial charge in [-0.15, -0.1) is 0 Å². The van der Waals surface area contributed by atoms with Crippen molar-refractivity contribution >= 4 is 0 Å². The first-order valence-electron chi connectivity index (χ1n) is 4.30. The molecule has 0 aromatic rings. The highest BCUT2D eigenvalue weighted by Gasteiger charge is 2.20. The van der Waals surface area contributed by atoms with Gasteiger partial charge in [-0.1, -0.05) is 39.8 Å². The average Bonchev–Trinajstić information content (AvgIpc) is 1.85. The van der Waals surface area contributed by atoms with Crippen LogP contribution in [0.3, 0.4) is 0 Å². The first-order chi connectivity index (χ1) is 4.88. The summed E-state index contributed by atoms with van der Waals surface area (Å²) in [6.45, 7) is 12.6. The molecule has 0 saturated carbocycles. The second kappa shape index (κ2) is 3.91. The second-order valence-corrected chi connectivity index (χ2v) is 4.28. The first-order valence-corrected chi connectivity index (χ1v) is 4.30. The summed E-state index contributed by atoms with van der Waals surface area (Å²) in [4.78, 5) is 0. The molecule has 0 aliphatic rings. The van der Waals surface area contributed by atoms with E-state index in [9.17, 15) is 0 Å². The zero-order valence-corrected chi connectivity index (χ0v) is 8.28. The molecule has 11 heavy (non-hydrogen) atoms. The van der Waals surface area contributed by atoms with Crippen LogP contribution in [0.2, 0.25) is 0 Å². The minimum atomic E-state index is 0.206. The fraction of sp³-hybridized carbons (Fsp3) is 0.800. The summed E-state index contributed by atoms with van der Waals surface area (Å²) < 4.78 is 0. The molecule has 0 heterocycles. The van der Waals surface area contributed by atoms with Gasteiger partial charge in [0.15, 0.2) is 0 Å². The minimum absolute atomic E-state index is 0.206. The van der Waals surface area contributed by atoms with Crippen molar-refractivity contribution in [3.05, 3.63) is 12.2 Å². The summed E-state index contributed by atoms with van der Waals surface area (Å²) >= 11 is 0. The zero-order chi connectivity index (χ0) is 9.07.